The molecule has 4 rings (SSSR count). The lowest BCUT2D eigenvalue weighted by Crippen LogP contribution is -2.20. The zero-order chi connectivity index (χ0) is 16.7. The molecule has 0 aliphatic carbocycles. The second kappa shape index (κ2) is 5.91. The summed E-state index contributed by atoms with van der Waals surface area (Å²) in [7, 11) is 0. The molecule has 1 aliphatic heterocycles. The van der Waals surface area contributed by atoms with Crippen molar-refractivity contribution in [3.8, 4) is 11.1 Å². The van der Waals surface area contributed by atoms with Crippen molar-refractivity contribution in [2.24, 2.45) is 0 Å². The van der Waals surface area contributed by atoms with Gasteiger partial charge in [-0.2, -0.15) is 0 Å². The van der Waals surface area contributed by atoms with Crippen molar-refractivity contribution in [1.82, 2.24) is 15.3 Å². The number of aromatic nitrogens is 2. The van der Waals surface area contributed by atoms with Gasteiger partial charge in [0, 0.05) is 34.5 Å². The van der Waals surface area contributed by atoms with Crippen molar-refractivity contribution in [1.29, 1.82) is 0 Å². The van der Waals surface area contributed by atoms with Gasteiger partial charge in [0.05, 0.1) is 0 Å². The predicted octanol–water partition coefficient (Wildman–Crippen LogP) is 4.53. The highest BCUT2D eigenvalue weighted by molar-refractivity contribution is 5.92. The number of pyridine rings is 1. The first-order chi connectivity index (χ1) is 11.6. The fraction of sp³-hybridized carbons (Fsp3) is 0.286. The maximum absolute atomic E-state index is 4.48. The van der Waals surface area contributed by atoms with Crippen molar-refractivity contribution >= 4 is 16.5 Å². The van der Waals surface area contributed by atoms with Gasteiger partial charge in [-0.25, -0.2) is 0 Å². The van der Waals surface area contributed by atoms with Crippen molar-refractivity contribution in [2.75, 3.05) is 13.1 Å². The summed E-state index contributed by atoms with van der Waals surface area (Å²) < 4.78 is 0. The Morgan fingerprint density at radius 3 is 2.46 bits per heavy atom. The van der Waals surface area contributed by atoms with Gasteiger partial charge in [-0.15, -0.1) is 0 Å². The number of hydrogen-bond donors (Lipinski definition) is 2. The van der Waals surface area contributed by atoms with Gasteiger partial charge in [0.25, 0.3) is 0 Å². The number of nitrogens with one attached hydrogen (secondary N) is 2. The lowest BCUT2D eigenvalue weighted by molar-refractivity contribution is 0.737. The first-order valence-corrected chi connectivity index (χ1v) is 8.60. The van der Waals surface area contributed by atoms with E-state index in [4.69, 9.17) is 0 Å². The summed E-state index contributed by atoms with van der Waals surface area (Å²) in [6.45, 7) is 8.34. The molecule has 1 aromatic carbocycles. The van der Waals surface area contributed by atoms with Crippen LogP contribution in [0.4, 0.5) is 0 Å². The van der Waals surface area contributed by atoms with E-state index in [1.807, 2.05) is 0 Å². The van der Waals surface area contributed by atoms with E-state index < -0.39 is 0 Å². The van der Waals surface area contributed by atoms with Crippen LogP contribution in [0, 0.1) is 20.8 Å². The highest BCUT2D eigenvalue weighted by Crippen LogP contribution is 2.32. The lowest BCUT2D eigenvalue weighted by atomic mass is 10.0. The minimum absolute atomic E-state index is 0.963. The molecule has 0 radical (unpaired) electrons. The van der Waals surface area contributed by atoms with Crippen LogP contribution in [0.2, 0.25) is 0 Å². The minimum atomic E-state index is 0.963. The summed E-state index contributed by atoms with van der Waals surface area (Å²) in [5.74, 6) is 0. The van der Waals surface area contributed by atoms with Crippen molar-refractivity contribution in [2.45, 2.75) is 27.2 Å². The summed E-state index contributed by atoms with van der Waals surface area (Å²) in [4.78, 5) is 8.14. The van der Waals surface area contributed by atoms with Gasteiger partial charge < -0.3 is 10.3 Å². The molecule has 0 spiro atoms. The van der Waals surface area contributed by atoms with Crippen LogP contribution in [-0.2, 0) is 0 Å². The van der Waals surface area contributed by atoms with E-state index >= 15 is 0 Å². The smallest absolute Gasteiger partial charge is 0.0467 e. The molecular formula is C21H23N3. The number of aryl methyl sites for hydroxylation is 3. The molecule has 0 bridgehead atoms. The van der Waals surface area contributed by atoms with E-state index in [0.29, 0.717) is 0 Å². The molecule has 2 N–H and O–H groups in total. The molecule has 0 amide bonds. The third-order valence-electron chi connectivity index (χ3n) is 4.86. The molecule has 0 saturated heterocycles. The molecule has 0 atom stereocenters. The fourth-order valence-electron chi connectivity index (χ4n) is 3.69. The third-order valence-corrected chi connectivity index (χ3v) is 4.86. The summed E-state index contributed by atoms with van der Waals surface area (Å²) in [6.07, 6.45) is 3.39. The summed E-state index contributed by atoms with van der Waals surface area (Å²) in [6, 6.07) is 11.0. The topological polar surface area (TPSA) is 40.7 Å². The average Bonchev–Trinajstić information content (AvgIpc) is 2.91. The Morgan fingerprint density at radius 2 is 1.75 bits per heavy atom. The Hall–Kier alpha value is -2.39. The van der Waals surface area contributed by atoms with Gasteiger partial charge in [0.15, 0.2) is 0 Å². The molecule has 3 nitrogen and oxygen atoms in total. The van der Waals surface area contributed by atoms with Gasteiger partial charge in [-0.3, -0.25) is 4.98 Å². The summed E-state index contributed by atoms with van der Waals surface area (Å²) in [5, 5.41) is 4.70. The number of fused-ring (bicyclic) bond motifs is 1. The Balaban J connectivity index is 1.82. The molecule has 3 heterocycles. The Kier molecular flexibility index (Phi) is 3.73. The molecule has 24 heavy (non-hydrogen) atoms. The molecule has 122 valence electrons. The van der Waals surface area contributed by atoms with Crippen molar-refractivity contribution in [3.63, 3.8) is 0 Å². The van der Waals surface area contributed by atoms with Crippen molar-refractivity contribution < 1.29 is 0 Å². The minimum Gasteiger partial charge on any atom is -0.355 e. The van der Waals surface area contributed by atoms with Crippen LogP contribution >= 0.6 is 0 Å². The average molecular weight is 317 g/mol. The largest absolute Gasteiger partial charge is 0.355 e. The number of benzene rings is 1. The Labute approximate surface area is 142 Å². The van der Waals surface area contributed by atoms with Gasteiger partial charge >= 0.3 is 0 Å². The zero-order valence-corrected chi connectivity index (χ0v) is 14.5. The van der Waals surface area contributed by atoms with Crippen LogP contribution in [-0.4, -0.2) is 23.1 Å². The van der Waals surface area contributed by atoms with Crippen LogP contribution in [0.5, 0.6) is 0 Å². The van der Waals surface area contributed by atoms with E-state index in [-0.39, 0.29) is 0 Å². The van der Waals surface area contributed by atoms with Gasteiger partial charge in [0.1, 0.15) is 0 Å². The monoisotopic (exact) mass is 317 g/mol. The Morgan fingerprint density at radius 1 is 0.958 bits per heavy atom. The van der Waals surface area contributed by atoms with Gasteiger partial charge in [0.2, 0.25) is 0 Å². The normalized spacial score (nSPS) is 14.9. The molecule has 0 fully saturated rings. The van der Waals surface area contributed by atoms with E-state index in [9.17, 15) is 0 Å². The SMILES string of the molecule is Cc1cc(-c2ccc3c(C)c(C4=CCNCC4)[nH]c3c2)cc(C)n1. The second-order valence-corrected chi connectivity index (χ2v) is 6.71. The predicted molar refractivity (Wildman–Crippen MR) is 101 cm³/mol. The molecule has 0 unspecified atom stereocenters. The van der Waals surface area contributed by atoms with Gasteiger partial charge in [-0.1, -0.05) is 18.2 Å². The number of rotatable bonds is 2. The second-order valence-electron chi connectivity index (χ2n) is 6.71. The lowest BCUT2D eigenvalue weighted by Gasteiger charge is -2.13. The van der Waals surface area contributed by atoms with Gasteiger partial charge in [-0.05, 0) is 74.2 Å². The highest BCUT2D eigenvalue weighted by Gasteiger charge is 2.14. The van der Waals surface area contributed by atoms with Crippen LogP contribution in [0.3, 0.4) is 0 Å². The maximum Gasteiger partial charge on any atom is 0.0467 e. The maximum atomic E-state index is 4.48. The summed E-state index contributed by atoms with van der Waals surface area (Å²) in [5.41, 5.74) is 9.89. The molecule has 2 aromatic heterocycles. The highest BCUT2D eigenvalue weighted by atomic mass is 14.9. The first-order valence-electron chi connectivity index (χ1n) is 8.60. The molecule has 1 aliphatic rings. The van der Waals surface area contributed by atoms with Crippen LogP contribution in [0.1, 0.15) is 29.1 Å². The first kappa shape index (κ1) is 15.2. The van der Waals surface area contributed by atoms with E-state index in [2.05, 4.69) is 72.5 Å². The molecule has 0 saturated carbocycles. The number of hydrogen-bond acceptors (Lipinski definition) is 2. The van der Waals surface area contributed by atoms with E-state index in [1.165, 1.54) is 38.9 Å². The fourth-order valence-corrected chi connectivity index (χ4v) is 3.69. The van der Waals surface area contributed by atoms with Crippen LogP contribution in [0.15, 0.2) is 36.4 Å². The molecular weight excluding hydrogens is 294 g/mol. The number of aromatic amines is 1. The third kappa shape index (κ3) is 2.65. The molecule has 3 aromatic rings. The quantitative estimate of drug-likeness (QED) is 0.729. The molecule has 3 heteroatoms. The van der Waals surface area contributed by atoms with Crippen LogP contribution < -0.4 is 5.32 Å². The van der Waals surface area contributed by atoms with E-state index in [1.54, 1.807) is 0 Å². The zero-order valence-electron chi connectivity index (χ0n) is 14.5. The summed E-state index contributed by atoms with van der Waals surface area (Å²) >= 11 is 0. The number of H-pyrrole nitrogens is 1. The standard InChI is InChI=1S/C21H23N3/c1-13-10-18(11-14(2)23-13)17-4-5-19-15(3)21(24-20(19)12-17)16-6-8-22-9-7-16/h4-6,10-12,22,24H,7-9H2,1-3H3. The Bertz CT molecular complexity index is 927. The van der Waals surface area contributed by atoms with E-state index in [0.717, 1.165) is 30.9 Å². The van der Waals surface area contributed by atoms with Crippen LogP contribution in [0.25, 0.3) is 27.6 Å². The number of nitrogens with zero attached hydrogens (tertiary/aromatic N) is 1. The van der Waals surface area contributed by atoms with Crippen molar-refractivity contribution in [3.05, 3.63) is 59.1 Å².